The molecule has 0 spiro atoms. The predicted molar refractivity (Wildman–Crippen MR) is 368 cm³/mol. The van der Waals surface area contributed by atoms with Gasteiger partial charge in [0.2, 0.25) is 34.4 Å². The van der Waals surface area contributed by atoms with Gasteiger partial charge in [-0.25, -0.2) is 25.2 Å². The third-order valence-corrected chi connectivity index (χ3v) is 20.7. The molecule has 0 atom stereocenters. The molecule has 10 aromatic rings. The summed E-state index contributed by atoms with van der Waals surface area (Å²) in [5, 5.41) is 50.9. The summed E-state index contributed by atoms with van der Waals surface area (Å²) in [6.45, 7) is 1.76. The molecular formula is C58H50Cl2N14O22S6. The Bertz CT molecular complexity index is 5460. The molecule has 10 rings (SSSR count). The molecule has 0 amide bonds. The summed E-state index contributed by atoms with van der Waals surface area (Å²) in [4.78, 5) is 22.6. The van der Waals surface area contributed by atoms with Crippen LogP contribution in [0.4, 0.5) is 69.3 Å². The van der Waals surface area contributed by atoms with E-state index in [0.29, 0.717) is 22.3 Å². The van der Waals surface area contributed by atoms with Gasteiger partial charge in [-0.15, -0.1) is 20.5 Å². The minimum absolute atomic E-state index is 0.0368. The van der Waals surface area contributed by atoms with E-state index in [-0.39, 0.29) is 111 Å². The van der Waals surface area contributed by atoms with E-state index in [1.54, 1.807) is 26.0 Å². The second kappa shape index (κ2) is 29.5. The van der Waals surface area contributed by atoms with Crippen LogP contribution >= 0.6 is 23.2 Å². The Hall–Kier alpha value is -10.1. The molecule has 0 aliphatic heterocycles. The zero-order valence-electron chi connectivity index (χ0n) is 52.3. The molecule has 0 aliphatic carbocycles. The van der Waals surface area contributed by atoms with E-state index in [0.717, 1.165) is 12.1 Å². The van der Waals surface area contributed by atoms with Crippen LogP contribution in [-0.4, -0.2) is 148 Å². The number of azo groups is 2. The number of halogens is 2. The van der Waals surface area contributed by atoms with Gasteiger partial charge in [0.15, 0.2) is 31.2 Å². The van der Waals surface area contributed by atoms with Gasteiger partial charge in [-0.3, -0.25) is 18.2 Å². The molecule has 0 aliphatic rings. The molecule has 0 fully saturated rings. The third-order valence-electron chi connectivity index (χ3n) is 14.4. The Morgan fingerprint density at radius 2 is 0.745 bits per heavy atom. The van der Waals surface area contributed by atoms with Gasteiger partial charge < -0.3 is 41.0 Å². The highest BCUT2D eigenvalue weighted by Crippen LogP contribution is 2.47. The number of hydrogen-bond acceptors (Lipinski definition) is 32. The van der Waals surface area contributed by atoms with Crippen molar-refractivity contribution >= 4 is 175 Å². The standard InChI is InChI=1S/C58H50Cl2N14O22S6/c1-29-21-43(71-73-49-47(99(81,82)83)25-31-23-35(9-15-39(31)51(49)75)63-57-67-53(59)65-55(69-57)61-33-5-11-37(12-6-33)97(77,78)19-17-95-101(87,88)89)45(93-3)27-41(29)42-28-46(94-4)44(22-30(42)2)72-74-50-48(100(84,85)86)26-32-24-36(10-16-40(32)52(50)76)64-58-68-54(60)66-56(70-58)62-34-7-13-38(14-8-34)98(79,80)20-18-96-102(90,91)92/h5-16,21-28,75-76H,17-20H2,1-4H3,(H,81,82,83)(H,84,85,86)(H,87,88,89)(H,90,91,92)(H2,61,63,65,67,69)(H2,62,64,66,68,70). The number of sulfone groups is 2. The number of aromatic nitrogens is 6. The van der Waals surface area contributed by atoms with E-state index in [1.807, 2.05) is 0 Å². The first-order chi connectivity index (χ1) is 47.8. The SMILES string of the molecule is COc1cc(-c2cc(OC)c(N=Nc3c(S(=O)(=O)O)cc4cc(Nc5nc(Cl)nc(Nc6ccc(S(=O)(=O)CCOS(=O)(=O)O)cc6)n5)ccc4c3O)cc2C)c(C)cc1N=Nc1c(S(=O)(=O)O)cc2cc(Nc3nc(Cl)nc(Nc4ccc(S(=O)(=O)CCOS(=O)(=O)O)cc4)n3)ccc2c1O. The van der Waals surface area contributed by atoms with Crippen molar-refractivity contribution in [3.8, 4) is 34.1 Å². The summed E-state index contributed by atoms with van der Waals surface area (Å²) in [7, 11) is -25.4. The van der Waals surface area contributed by atoms with E-state index in [2.05, 4.69) is 80.0 Å². The molecule has 0 unspecified atom stereocenters. The maximum Gasteiger partial charge on any atom is 0.397 e. The summed E-state index contributed by atoms with van der Waals surface area (Å²) >= 11 is 12.4. The number of methoxy groups -OCH3 is 2. The molecule has 36 nitrogen and oxygen atoms in total. The highest BCUT2D eigenvalue weighted by Gasteiger charge is 2.27. The predicted octanol–water partition coefficient (Wildman–Crippen LogP) is 10.9. The molecule has 2 heterocycles. The number of rotatable bonds is 27. The number of fused-ring (bicyclic) bond motifs is 2. The Kier molecular flexibility index (Phi) is 21.6. The lowest BCUT2D eigenvalue weighted by atomic mass is 9.95. The van der Waals surface area contributed by atoms with Crippen LogP contribution in [0.1, 0.15) is 11.1 Å². The fourth-order valence-electron chi connectivity index (χ4n) is 9.73. The summed E-state index contributed by atoms with van der Waals surface area (Å²) in [6.07, 6.45) is 0. The van der Waals surface area contributed by atoms with Gasteiger partial charge in [0.25, 0.3) is 20.2 Å². The Labute approximate surface area is 588 Å². The molecule has 0 radical (unpaired) electrons. The number of aromatic hydroxyl groups is 2. The Morgan fingerprint density at radius 3 is 1.06 bits per heavy atom. The van der Waals surface area contributed by atoms with Gasteiger partial charge in [-0.2, -0.15) is 63.6 Å². The van der Waals surface area contributed by atoms with Crippen LogP contribution in [0.5, 0.6) is 23.0 Å². The number of aryl methyl sites for hydroxylation is 2. The lowest BCUT2D eigenvalue weighted by molar-refractivity contribution is 0.282. The molecule has 0 saturated carbocycles. The zero-order valence-corrected chi connectivity index (χ0v) is 58.7. The van der Waals surface area contributed by atoms with E-state index >= 15 is 0 Å². The summed E-state index contributed by atoms with van der Waals surface area (Å²) in [6, 6.07) is 27.0. The monoisotopic (exact) mass is 1560 g/mol. The highest BCUT2D eigenvalue weighted by molar-refractivity contribution is 7.91. The minimum atomic E-state index is -5.14. The third kappa shape index (κ3) is 18.2. The number of phenolic OH excluding ortho intramolecular Hbond substituents is 2. The molecule has 2 aromatic heterocycles. The molecule has 0 saturated heterocycles. The maximum atomic E-state index is 13.0. The smallest absolute Gasteiger partial charge is 0.397 e. The van der Waals surface area contributed by atoms with Crippen molar-refractivity contribution in [2.75, 3.05) is 60.2 Å². The summed E-state index contributed by atoms with van der Waals surface area (Å²) < 4.78 is 204. The maximum absolute atomic E-state index is 13.0. The van der Waals surface area contributed by atoms with E-state index in [4.69, 9.17) is 41.8 Å². The van der Waals surface area contributed by atoms with Gasteiger partial charge in [0, 0.05) is 33.5 Å². The average molecular weight is 1560 g/mol. The van der Waals surface area contributed by atoms with Gasteiger partial charge in [0.1, 0.15) is 44.0 Å². The molecular weight excluding hydrogens is 1510 g/mol. The van der Waals surface area contributed by atoms with Gasteiger partial charge >= 0.3 is 20.8 Å². The van der Waals surface area contributed by atoms with Gasteiger partial charge in [-0.1, -0.05) is 0 Å². The van der Waals surface area contributed by atoms with Crippen molar-refractivity contribution in [1.82, 2.24) is 29.9 Å². The molecule has 8 aromatic carbocycles. The number of nitrogens with zero attached hydrogens (tertiary/aromatic N) is 10. The minimum Gasteiger partial charge on any atom is -0.505 e. The van der Waals surface area contributed by atoms with Gasteiger partial charge in [-0.05, 0) is 191 Å². The zero-order chi connectivity index (χ0) is 74.0. The van der Waals surface area contributed by atoms with Crippen molar-refractivity contribution in [3.63, 3.8) is 0 Å². The number of nitrogens with one attached hydrogen (secondary N) is 4. The van der Waals surface area contributed by atoms with Crippen LogP contribution < -0.4 is 30.7 Å². The van der Waals surface area contributed by atoms with Crippen LogP contribution in [0.3, 0.4) is 0 Å². The lowest BCUT2D eigenvalue weighted by Crippen LogP contribution is -2.15. The second-order valence-electron chi connectivity index (χ2n) is 21.2. The number of hydrogen-bond donors (Lipinski definition) is 10. The van der Waals surface area contributed by atoms with Crippen molar-refractivity contribution in [3.05, 3.63) is 143 Å². The number of phenols is 2. The van der Waals surface area contributed by atoms with E-state index in [9.17, 15) is 69.8 Å². The summed E-state index contributed by atoms with van der Waals surface area (Å²) in [5.74, 6) is -3.26. The van der Waals surface area contributed by atoms with E-state index < -0.39 is 118 Å². The van der Waals surface area contributed by atoms with Crippen LogP contribution in [0.2, 0.25) is 10.6 Å². The van der Waals surface area contributed by atoms with Crippen molar-refractivity contribution < 1.29 is 96.8 Å². The lowest BCUT2D eigenvalue weighted by Gasteiger charge is -2.16. The molecule has 102 heavy (non-hydrogen) atoms. The van der Waals surface area contributed by atoms with Crippen molar-refractivity contribution in [2.24, 2.45) is 20.5 Å². The van der Waals surface area contributed by atoms with Crippen molar-refractivity contribution in [1.29, 1.82) is 0 Å². The quantitative estimate of drug-likeness (QED) is 0.0169. The van der Waals surface area contributed by atoms with E-state index in [1.165, 1.54) is 111 Å². The number of ether oxygens (including phenoxy) is 2. The molecule has 534 valence electrons. The normalized spacial score (nSPS) is 12.5. The second-order valence-corrected chi connectivity index (χ2v) is 31.1. The molecule has 10 N–H and O–H groups in total. The molecule has 44 heteroatoms. The van der Waals surface area contributed by atoms with Crippen LogP contribution in [0.15, 0.2) is 161 Å². The first kappa shape index (κ1) is 74.6. The fourth-order valence-corrected chi connectivity index (χ4v) is 14.3. The Balaban J connectivity index is 0.854. The number of anilines is 8. The van der Waals surface area contributed by atoms with Crippen LogP contribution in [-0.2, 0) is 69.1 Å². The largest absolute Gasteiger partial charge is 0.505 e. The fraction of sp³-hybridized carbons (Fsp3) is 0.138. The van der Waals surface area contributed by atoms with Crippen LogP contribution in [0, 0.1) is 13.8 Å². The van der Waals surface area contributed by atoms with Gasteiger partial charge in [0.05, 0.1) is 48.7 Å². The first-order valence-corrected chi connectivity index (χ1v) is 38.1. The van der Waals surface area contributed by atoms with Crippen molar-refractivity contribution in [2.45, 2.75) is 33.4 Å². The number of benzene rings is 8. The highest BCUT2D eigenvalue weighted by atomic mass is 35.5. The van der Waals surface area contributed by atoms with Crippen LogP contribution in [0.25, 0.3) is 32.7 Å². The average Bonchev–Trinajstić information content (AvgIpc) is 0.771. The summed E-state index contributed by atoms with van der Waals surface area (Å²) in [5.41, 5.74) is 1.94. The topological polar surface area (TPSA) is 538 Å². The molecule has 0 bridgehead atoms. The Morgan fingerprint density at radius 1 is 0.422 bits per heavy atom. The first-order valence-electron chi connectivity index (χ1n) is 28.4.